The van der Waals surface area contributed by atoms with E-state index in [9.17, 15) is 13.6 Å². The predicted octanol–water partition coefficient (Wildman–Crippen LogP) is 5.17. The van der Waals surface area contributed by atoms with Crippen molar-refractivity contribution in [2.45, 2.75) is 0 Å². The van der Waals surface area contributed by atoms with Gasteiger partial charge in [-0.2, -0.15) is 0 Å². The Morgan fingerprint density at radius 3 is 2.25 bits per heavy atom. The third-order valence-corrected chi connectivity index (χ3v) is 3.44. The zero-order valence-corrected chi connectivity index (χ0v) is 11.6. The summed E-state index contributed by atoms with van der Waals surface area (Å²) in [6, 6.07) is 8.13. The van der Waals surface area contributed by atoms with Gasteiger partial charge in [0.2, 0.25) is 0 Å². The number of allylic oxidation sites excluding steroid dienone is 1. The number of hydrogen-bond donors (Lipinski definition) is 0. The molecule has 0 bridgehead atoms. The average molecular weight is 313 g/mol. The zero-order chi connectivity index (χ0) is 14.7. The molecule has 102 valence electrons. The van der Waals surface area contributed by atoms with E-state index in [0.717, 1.165) is 18.2 Å². The first kappa shape index (κ1) is 14.7. The highest BCUT2D eigenvalue weighted by molar-refractivity contribution is 6.42. The van der Waals surface area contributed by atoms with E-state index in [-0.39, 0.29) is 5.02 Å². The Kier molecular flexibility index (Phi) is 4.53. The van der Waals surface area contributed by atoms with Gasteiger partial charge in [0.15, 0.2) is 5.78 Å². The first-order chi connectivity index (χ1) is 9.50. The van der Waals surface area contributed by atoms with Gasteiger partial charge in [-0.25, -0.2) is 8.78 Å². The van der Waals surface area contributed by atoms with Crippen molar-refractivity contribution in [3.8, 4) is 0 Å². The number of ketones is 1. The van der Waals surface area contributed by atoms with Crippen LogP contribution < -0.4 is 0 Å². The van der Waals surface area contributed by atoms with Gasteiger partial charge in [0.05, 0.1) is 15.6 Å². The third kappa shape index (κ3) is 3.06. The van der Waals surface area contributed by atoms with Gasteiger partial charge >= 0.3 is 0 Å². The summed E-state index contributed by atoms with van der Waals surface area (Å²) < 4.78 is 26.9. The average Bonchev–Trinajstić information content (AvgIpc) is 2.40. The van der Waals surface area contributed by atoms with Crippen LogP contribution in [0.2, 0.25) is 10.0 Å². The summed E-state index contributed by atoms with van der Waals surface area (Å²) >= 11 is 11.8. The molecule has 0 radical (unpaired) electrons. The van der Waals surface area contributed by atoms with Crippen molar-refractivity contribution in [2.75, 3.05) is 0 Å². The Labute approximate surface area is 124 Å². The van der Waals surface area contributed by atoms with Crippen LogP contribution in [-0.2, 0) is 0 Å². The molecule has 0 spiro atoms. The molecule has 0 heterocycles. The van der Waals surface area contributed by atoms with E-state index in [1.165, 1.54) is 12.1 Å². The lowest BCUT2D eigenvalue weighted by atomic mass is 10.1. The lowest BCUT2D eigenvalue weighted by Gasteiger charge is -2.01. The fraction of sp³-hybridized carbons (Fsp3) is 0. The van der Waals surface area contributed by atoms with Crippen LogP contribution in [0.4, 0.5) is 8.78 Å². The Bertz CT molecular complexity index is 676. The van der Waals surface area contributed by atoms with Gasteiger partial charge < -0.3 is 0 Å². The number of rotatable bonds is 3. The quantitative estimate of drug-likeness (QED) is 0.564. The Morgan fingerprint density at radius 1 is 1.00 bits per heavy atom. The maximum absolute atomic E-state index is 13.4. The second kappa shape index (κ2) is 6.16. The van der Waals surface area contributed by atoms with Crippen LogP contribution in [0.15, 0.2) is 42.5 Å². The lowest BCUT2D eigenvalue weighted by molar-refractivity contribution is 0.104. The van der Waals surface area contributed by atoms with Gasteiger partial charge in [-0.05, 0) is 35.9 Å². The summed E-state index contributed by atoms with van der Waals surface area (Å²) in [6.07, 6.45) is 2.42. The third-order valence-electron chi connectivity index (χ3n) is 2.60. The lowest BCUT2D eigenvalue weighted by Crippen LogP contribution is -2.02. The summed E-state index contributed by atoms with van der Waals surface area (Å²) in [5.41, 5.74) is -0.105. The smallest absolute Gasteiger partial charge is 0.191 e. The molecule has 0 aliphatic heterocycles. The van der Waals surface area contributed by atoms with Crippen molar-refractivity contribution in [1.29, 1.82) is 0 Å². The fourth-order valence-corrected chi connectivity index (χ4v) is 2.00. The highest BCUT2D eigenvalue weighted by Crippen LogP contribution is 2.26. The Balaban J connectivity index is 2.32. The topological polar surface area (TPSA) is 17.1 Å². The summed E-state index contributed by atoms with van der Waals surface area (Å²) in [7, 11) is 0. The minimum Gasteiger partial charge on any atom is -0.289 e. The molecule has 0 N–H and O–H groups in total. The van der Waals surface area contributed by atoms with E-state index in [2.05, 4.69) is 0 Å². The van der Waals surface area contributed by atoms with E-state index in [4.69, 9.17) is 23.2 Å². The van der Waals surface area contributed by atoms with Gasteiger partial charge in [-0.1, -0.05) is 41.4 Å². The molecule has 0 aliphatic rings. The number of hydrogen-bond acceptors (Lipinski definition) is 1. The SMILES string of the molecule is O=C(/C=C/c1cccc(Cl)c1Cl)c1c(F)cccc1F. The van der Waals surface area contributed by atoms with E-state index >= 15 is 0 Å². The number of benzene rings is 2. The van der Waals surface area contributed by atoms with Crippen LogP contribution in [0.1, 0.15) is 15.9 Å². The number of carbonyl (C=O) groups is 1. The van der Waals surface area contributed by atoms with Crippen molar-refractivity contribution < 1.29 is 13.6 Å². The van der Waals surface area contributed by atoms with Crippen molar-refractivity contribution in [3.63, 3.8) is 0 Å². The Morgan fingerprint density at radius 2 is 1.60 bits per heavy atom. The highest BCUT2D eigenvalue weighted by atomic mass is 35.5. The summed E-state index contributed by atoms with van der Waals surface area (Å²) in [5.74, 6) is -2.59. The molecule has 0 saturated carbocycles. The molecular weight excluding hydrogens is 305 g/mol. The molecule has 0 aromatic heterocycles. The first-order valence-corrected chi connectivity index (χ1v) is 6.36. The molecule has 1 nitrogen and oxygen atoms in total. The van der Waals surface area contributed by atoms with Crippen LogP contribution in [-0.4, -0.2) is 5.78 Å². The maximum Gasteiger partial charge on any atom is 0.191 e. The molecule has 2 aromatic rings. The van der Waals surface area contributed by atoms with Crippen LogP contribution in [0.3, 0.4) is 0 Å². The van der Waals surface area contributed by atoms with Crippen LogP contribution >= 0.6 is 23.2 Å². The Hall–Kier alpha value is -1.71. The second-order valence-corrected chi connectivity index (χ2v) is 4.72. The highest BCUT2D eigenvalue weighted by Gasteiger charge is 2.14. The molecule has 2 rings (SSSR count). The van der Waals surface area contributed by atoms with Crippen molar-refractivity contribution in [3.05, 3.63) is 75.3 Å². The summed E-state index contributed by atoms with van der Waals surface area (Å²) in [5, 5.41) is 0.602. The number of halogens is 4. The molecule has 0 amide bonds. The number of carbonyl (C=O) groups excluding carboxylic acids is 1. The van der Waals surface area contributed by atoms with Crippen LogP contribution in [0.5, 0.6) is 0 Å². The van der Waals surface area contributed by atoms with Gasteiger partial charge in [-0.15, -0.1) is 0 Å². The molecule has 20 heavy (non-hydrogen) atoms. The minimum atomic E-state index is -0.906. The molecule has 0 saturated heterocycles. The van der Waals surface area contributed by atoms with Crippen LogP contribution in [0, 0.1) is 11.6 Å². The fourth-order valence-electron chi connectivity index (χ4n) is 1.63. The summed E-state index contributed by atoms with van der Waals surface area (Å²) in [4.78, 5) is 11.8. The largest absolute Gasteiger partial charge is 0.289 e. The van der Waals surface area contributed by atoms with Crippen molar-refractivity contribution in [1.82, 2.24) is 0 Å². The van der Waals surface area contributed by atoms with E-state index < -0.39 is 23.0 Å². The van der Waals surface area contributed by atoms with Crippen molar-refractivity contribution in [2.24, 2.45) is 0 Å². The molecular formula is C15H8Cl2F2O. The molecule has 5 heteroatoms. The first-order valence-electron chi connectivity index (χ1n) is 5.61. The maximum atomic E-state index is 13.4. The summed E-state index contributed by atoms with van der Waals surface area (Å²) in [6.45, 7) is 0. The van der Waals surface area contributed by atoms with Gasteiger partial charge in [0.1, 0.15) is 11.6 Å². The standard InChI is InChI=1S/C15H8Cl2F2O/c16-10-4-1-3-9(15(10)17)7-8-13(20)14-11(18)5-2-6-12(14)19/h1-8H/b8-7+. The van der Waals surface area contributed by atoms with E-state index in [0.29, 0.717) is 10.6 Å². The molecule has 0 atom stereocenters. The van der Waals surface area contributed by atoms with Crippen LogP contribution in [0.25, 0.3) is 6.08 Å². The predicted molar refractivity (Wildman–Crippen MR) is 76.2 cm³/mol. The van der Waals surface area contributed by atoms with E-state index in [1.54, 1.807) is 18.2 Å². The van der Waals surface area contributed by atoms with E-state index in [1.807, 2.05) is 0 Å². The minimum absolute atomic E-state index is 0.271. The van der Waals surface area contributed by atoms with Gasteiger partial charge in [-0.3, -0.25) is 4.79 Å². The van der Waals surface area contributed by atoms with Crippen molar-refractivity contribution >= 4 is 35.1 Å². The van der Waals surface area contributed by atoms with Gasteiger partial charge in [0, 0.05) is 0 Å². The molecule has 2 aromatic carbocycles. The molecule has 0 aliphatic carbocycles. The monoisotopic (exact) mass is 312 g/mol. The molecule has 0 fully saturated rings. The van der Waals surface area contributed by atoms with Gasteiger partial charge in [0.25, 0.3) is 0 Å². The second-order valence-electron chi connectivity index (χ2n) is 3.94. The molecule has 0 unspecified atom stereocenters. The zero-order valence-electron chi connectivity index (χ0n) is 10.0. The normalized spacial score (nSPS) is 11.0.